The number of para-hydroxylation sites is 1. The number of hydrogen-bond acceptors (Lipinski definition) is 5. The maximum atomic E-state index is 11.2. The van der Waals surface area contributed by atoms with E-state index >= 15 is 0 Å². The summed E-state index contributed by atoms with van der Waals surface area (Å²) in [5, 5.41) is 0. The molecule has 0 heterocycles. The van der Waals surface area contributed by atoms with Crippen LogP contribution in [-0.4, -0.2) is 18.9 Å². The molecule has 88 valence electrons. The normalized spacial score (nSPS) is 10.5. The van der Waals surface area contributed by atoms with E-state index in [1.54, 1.807) is 6.92 Å². The average molecular weight is 266 g/mol. The molecular formula is C10H11NaO5S. The van der Waals surface area contributed by atoms with Gasteiger partial charge in [-0.15, -0.1) is 0 Å². The van der Waals surface area contributed by atoms with Gasteiger partial charge in [0.1, 0.15) is 15.9 Å². The predicted molar refractivity (Wildman–Crippen MR) is 54.9 cm³/mol. The molecule has 0 amide bonds. The summed E-state index contributed by atoms with van der Waals surface area (Å²) < 4.78 is 37.3. The first kappa shape index (κ1) is 16.6. The summed E-state index contributed by atoms with van der Waals surface area (Å²) in [5.74, 6) is -0.769. The Hall–Kier alpha value is -0.400. The van der Waals surface area contributed by atoms with E-state index in [0.29, 0.717) is 6.42 Å². The van der Waals surface area contributed by atoms with E-state index < -0.39 is 21.0 Å². The van der Waals surface area contributed by atoms with Gasteiger partial charge in [-0.1, -0.05) is 19.1 Å². The molecule has 0 radical (unpaired) electrons. The van der Waals surface area contributed by atoms with E-state index in [1.165, 1.54) is 18.2 Å². The Morgan fingerprint density at radius 1 is 1.35 bits per heavy atom. The molecule has 0 saturated carbocycles. The number of esters is 1. The SMILES string of the molecule is CCCC(=O)Oc1ccccc1S(=O)(=O)[O-].[Na+]. The van der Waals surface area contributed by atoms with Crippen LogP contribution in [0.5, 0.6) is 5.75 Å². The summed E-state index contributed by atoms with van der Waals surface area (Å²) in [6, 6.07) is 5.26. The van der Waals surface area contributed by atoms with Gasteiger partial charge in [0, 0.05) is 6.42 Å². The maximum absolute atomic E-state index is 11.2. The van der Waals surface area contributed by atoms with Crippen molar-refractivity contribution in [3.63, 3.8) is 0 Å². The predicted octanol–water partition coefficient (Wildman–Crippen LogP) is -1.70. The topological polar surface area (TPSA) is 83.5 Å². The second kappa shape index (κ2) is 7.13. The molecule has 17 heavy (non-hydrogen) atoms. The van der Waals surface area contributed by atoms with Gasteiger partial charge >= 0.3 is 35.5 Å². The fourth-order valence-corrected chi connectivity index (χ4v) is 1.72. The van der Waals surface area contributed by atoms with Crippen LogP contribution in [0.15, 0.2) is 29.2 Å². The summed E-state index contributed by atoms with van der Waals surface area (Å²) in [7, 11) is -4.62. The fourth-order valence-electron chi connectivity index (χ4n) is 1.12. The molecule has 1 aromatic carbocycles. The van der Waals surface area contributed by atoms with E-state index in [2.05, 4.69) is 0 Å². The molecule has 0 aliphatic heterocycles. The zero-order valence-corrected chi connectivity index (χ0v) is 12.5. The van der Waals surface area contributed by atoms with Crippen LogP contribution in [0, 0.1) is 0 Å². The Bertz CT molecular complexity index is 483. The number of ether oxygens (including phenoxy) is 1. The third-order valence-corrected chi connectivity index (χ3v) is 2.67. The molecule has 0 spiro atoms. The van der Waals surface area contributed by atoms with Crippen molar-refractivity contribution >= 4 is 16.1 Å². The zero-order valence-electron chi connectivity index (χ0n) is 9.67. The Labute approximate surface area is 122 Å². The molecule has 0 bridgehead atoms. The van der Waals surface area contributed by atoms with E-state index in [-0.39, 0.29) is 41.7 Å². The van der Waals surface area contributed by atoms with Crippen molar-refractivity contribution in [1.82, 2.24) is 0 Å². The van der Waals surface area contributed by atoms with Crippen molar-refractivity contribution in [1.29, 1.82) is 0 Å². The summed E-state index contributed by atoms with van der Waals surface area (Å²) in [6.07, 6.45) is 0.762. The van der Waals surface area contributed by atoms with Crippen molar-refractivity contribution in [3.8, 4) is 5.75 Å². The largest absolute Gasteiger partial charge is 1.00 e. The van der Waals surface area contributed by atoms with Crippen molar-refractivity contribution in [2.45, 2.75) is 24.7 Å². The van der Waals surface area contributed by atoms with Crippen LogP contribution in [0.2, 0.25) is 0 Å². The average Bonchev–Trinajstić information content (AvgIpc) is 2.17. The molecule has 0 N–H and O–H groups in total. The molecule has 0 fully saturated rings. The Balaban J connectivity index is 0.00000256. The van der Waals surface area contributed by atoms with Gasteiger partial charge in [-0.2, -0.15) is 0 Å². The van der Waals surface area contributed by atoms with Gasteiger partial charge in [0.25, 0.3) is 0 Å². The minimum Gasteiger partial charge on any atom is -0.744 e. The Kier molecular flexibility index (Phi) is 6.96. The minimum absolute atomic E-state index is 0. The third-order valence-electron chi connectivity index (χ3n) is 1.80. The summed E-state index contributed by atoms with van der Waals surface area (Å²) in [6.45, 7) is 1.79. The number of carbonyl (C=O) groups is 1. The van der Waals surface area contributed by atoms with Crippen LogP contribution in [0.25, 0.3) is 0 Å². The fraction of sp³-hybridized carbons (Fsp3) is 0.300. The summed E-state index contributed by atoms with van der Waals surface area (Å²) in [5.41, 5.74) is 0. The molecule has 5 nitrogen and oxygen atoms in total. The Morgan fingerprint density at radius 2 is 1.94 bits per heavy atom. The molecule has 0 aliphatic rings. The molecule has 0 atom stereocenters. The zero-order chi connectivity index (χ0) is 12.2. The second-order valence-electron chi connectivity index (χ2n) is 3.12. The van der Waals surface area contributed by atoms with Crippen molar-refractivity contribution in [2.24, 2.45) is 0 Å². The van der Waals surface area contributed by atoms with Gasteiger partial charge in [0.2, 0.25) is 0 Å². The van der Waals surface area contributed by atoms with Gasteiger partial charge in [-0.25, -0.2) is 8.42 Å². The van der Waals surface area contributed by atoms with Gasteiger partial charge in [-0.05, 0) is 18.6 Å². The van der Waals surface area contributed by atoms with Gasteiger partial charge in [0.15, 0.2) is 0 Å². The maximum Gasteiger partial charge on any atom is 1.00 e. The molecule has 0 aromatic heterocycles. The molecule has 0 unspecified atom stereocenters. The third kappa shape index (κ3) is 5.18. The summed E-state index contributed by atoms with van der Waals surface area (Å²) >= 11 is 0. The van der Waals surface area contributed by atoms with Gasteiger partial charge in [0.05, 0.1) is 4.90 Å². The van der Waals surface area contributed by atoms with E-state index in [1.807, 2.05) is 0 Å². The number of carbonyl (C=O) groups excluding carboxylic acids is 1. The molecular weight excluding hydrogens is 255 g/mol. The van der Waals surface area contributed by atoms with Crippen LogP contribution in [0.1, 0.15) is 19.8 Å². The van der Waals surface area contributed by atoms with E-state index in [4.69, 9.17) is 4.74 Å². The first-order valence-corrected chi connectivity index (χ1v) is 6.11. The Morgan fingerprint density at radius 3 is 2.47 bits per heavy atom. The molecule has 1 aromatic rings. The molecule has 1 rings (SSSR count). The first-order chi connectivity index (χ1) is 7.45. The molecule has 0 aliphatic carbocycles. The molecule has 7 heteroatoms. The standard InChI is InChI=1S/C10H12O5S.Na/c1-2-5-10(11)15-8-6-3-4-7-9(8)16(12,13)14;/h3-4,6-7H,2,5H2,1H3,(H,12,13,14);/q;+1/p-1. The van der Waals surface area contributed by atoms with Crippen molar-refractivity contribution in [3.05, 3.63) is 24.3 Å². The van der Waals surface area contributed by atoms with E-state index in [9.17, 15) is 17.8 Å². The minimum atomic E-state index is -4.62. The van der Waals surface area contributed by atoms with Crippen molar-refractivity contribution < 1.29 is 52.1 Å². The van der Waals surface area contributed by atoms with Crippen LogP contribution in [0.4, 0.5) is 0 Å². The van der Waals surface area contributed by atoms with E-state index in [0.717, 1.165) is 6.07 Å². The van der Waals surface area contributed by atoms with Crippen LogP contribution in [0.3, 0.4) is 0 Å². The van der Waals surface area contributed by atoms with Gasteiger partial charge < -0.3 is 9.29 Å². The number of rotatable bonds is 4. The monoisotopic (exact) mass is 266 g/mol. The van der Waals surface area contributed by atoms with Crippen LogP contribution < -0.4 is 34.3 Å². The van der Waals surface area contributed by atoms with Crippen LogP contribution >= 0.6 is 0 Å². The smallest absolute Gasteiger partial charge is 0.744 e. The number of hydrogen-bond donors (Lipinski definition) is 0. The molecule has 0 saturated heterocycles. The number of benzene rings is 1. The van der Waals surface area contributed by atoms with Crippen LogP contribution in [-0.2, 0) is 14.9 Å². The van der Waals surface area contributed by atoms with Crippen molar-refractivity contribution in [2.75, 3.05) is 0 Å². The first-order valence-electron chi connectivity index (χ1n) is 4.70. The van der Waals surface area contributed by atoms with Gasteiger partial charge in [-0.3, -0.25) is 4.79 Å². The quantitative estimate of drug-likeness (QED) is 0.281. The second-order valence-corrected chi connectivity index (χ2v) is 4.47. The summed E-state index contributed by atoms with van der Waals surface area (Å²) in [4.78, 5) is 10.7.